The molecule has 2 fully saturated rings. The van der Waals surface area contributed by atoms with E-state index in [1.165, 1.54) is 25.8 Å². The van der Waals surface area contributed by atoms with E-state index in [1.807, 2.05) is 0 Å². The number of aromatic amines is 2. The van der Waals surface area contributed by atoms with Crippen LogP contribution >= 0.6 is 0 Å². The molecule has 3 rings (SSSR count). The predicted octanol–water partition coefficient (Wildman–Crippen LogP) is 0.404. The van der Waals surface area contributed by atoms with Crippen molar-refractivity contribution < 1.29 is 0 Å². The summed E-state index contributed by atoms with van der Waals surface area (Å²) in [4.78, 5) is 18.8. The molecule has 1 atom stereocenters. The van der Waals surface area contributed by atoms with Crippen molar-refractivity contribution in [2.75, 3.05) is 26.2 Å². The number of nitrogens with one attached hydrogen (secondary N) is 2. The zero-order valence-electron chi connectivity index (χ0n) is 11.6. The SMILES string of the molecule is C[C@@H]1CN(Cc2n[nH]c(=O)[nH]2)CCN(C2CCC2)C1. The molecule has 1 aromatic heterocycles. The lowest BCUT2D eigenvalue weighted by molar-refractivity contribution is 0.122. The summed E-state index contributed by atoms with van der Waals surface area (Å²) in [7, 11) is 0. The number of aromatic nitrogens is 3. The molecule has 1 saturated carbocycles. The third kappa shape index (κ3) is 3.06. The van der Waals surface area contributed by atoms with Crippen LogP contribution in [0, 0.1) is 5.92 Å². The number of hydrogen-bond donors (Lipinski definition) is 2. The van der Waals surface area contributed by atoms with Crippen molar-refractivity contribution in [1.29, 1.82) is 0 Å². The van der Waals surface area contributed by atoms with Crippen LogP contribution in [0.15, 0.2) is 4.79 Å². The van der Waals surface area contributed by atoms with Crippen LogP contribution in [-0.2, 0) is 6.54 Å². The third-order valence-electron chi connectivity index (χ3n) is 4.33. The van der Waals surface area contributed by atoms with Crippen LogP contribution in [0.25, 0.3) is 0 Å². The van der Waals surface area contributed by atoms with Gasteiger partial charge in [-0.2, -0.15) is 5.10 Å². The second kappa shape index (κ2) is 5.46. The van der Waals surface area contributed by atoms with Gasteiger partial charge in [0.1, 0.15) is 5.82 Å². The molecule has 0 amide bonds. The first-order valence-electron chi connectivity index (χ1n) is 7.30. The highest BCUT2D eigenvalue weighted by Crippen LogP contribution is 2.26. The average molecular weight is 265 g/mol. The van der Waals surface area contributed by atoms with E-state index in [2.05, 4.69) is 31.9 Å². The minimum Gasteiger partial charge on any atom is -0.299 e. The standard InChI is InChI=1S/C13H23N5O/c1-10-7-17(9-12-14-13(19)16-15-12)5-6-18(8-10)11-3-2-4-11/h10-11H,2-9H2,1H3,(H2,14,15,16,19)/t10-/m1/s1. The molecule has 2 N–H and O–H groups in total. The molecule has 2 aliphatic rings. The minimum absolute atomic E-state index is 0.214. The van der Waals surface area contributed by atoms with E-state index in [9.17, 15) is 4.79 Å². The van der Waals surface area contributed by atoms with Gasteiger partial charge in [-0.25, -0.2) is 9.89 Å². The van der Waals surface area contributed by atoms with E-state index < -0.39 is 0 Å². The largest absolute Gasteiger partial charge is 0.340 e. The van der Waals surface area contributed by atoms with E-state index in [1.54, 1.807) is 0 Å². The van der Waals surface area contributed by atoms with Gasteiger partial charge in [0.25, 0.3) is 0 Å². The lowest BCUT2D eigenvalue weighted by atomic mass is 9.91. The summed E-state index contributed by atoms with van der Waals surface area (Å²) < 4.78 is 0. The molecule has 0 radical (unpaired) electrons. The summed E-state index contributed by atoms with van der Waals surface area (Å²) in [5.74, 6) is 1.42. The first-order chi connectivity index (χ1) is 9.20. The van der Waals surface area contributed by atoms with Gasteiger partial charge < -0.3 is 0 Å². The van der Waals surface area contributed by atoms with E-state index in [0.717, 1.165) is 38.0 Å². The Morgan fingerprint density at radius 3 is 2.79 bits per heavy atom. The van der Waals surface area contributed by atoms with Crippen molar-refractivity contribution in [3.8, 4) is 0 Å². The summed E-state index contributed by atoms with van der Waals surface area (Å²) in [6.07, 6.45) is 4.15. The second-order valence-corrected chi connectivity index (χ2v) is 6.04. The van der Waals surface area contributed by atoms with Crippen molar-refractivity contribution in [2.45, 2.75) is 38.8 Å². The molecule has 1 saturated heterocycles. The van der Waals surface area contributed by atoms with Gasteiger partial charge in [0.2, 0.25) is 0 Å². The Bertz CT molecular complexity index is 464. The van der Waals surface area contributed by atoms with Gasteiger partial charge in [0.05, 0.1) is 6.54 Å². The Labute approximate surface area is 113 Å². The van der Waals surface area contributed by atoms with Crippen LogP contribution < -0.4 is 5.69 Å². The molecule has 0 unspecified atom stereocenters. The number of hydrogen-bond acceptors (Lipinski definition) is 4. The molecule has 1 aliphatic carbocycles. The van der Waals surface area contributed by atoms with Gasteiger partial charge in [0.15, 0.2) is 0 Å². The average Bonchev–Trinajstić information content (AvgIpc) is 2.59. The normalized spacial score (nSPS) is 27.1. The van der Waals surface area contributed by atoms with Gasteiger partial charge in [-0.15, -0.1) is 0 Å². The maximum Gasteiger partial charge on any atom is 0.340 e. The lowest BCUT2D eigenvalue weighted by Gasteiger charge is -2.37. The van der Waals surface area contributed by atoms with Crippen molar-refractivity contribution in [3.05, 3.63) is 16.3 Å². The van der Waals surface area contributed by atoms with Crippen LogP contribution in [0.2, 0.25) is 0 Å². The Morgan fingerprint density at radius 2 is 2.16 bits per heavy atom. The fraction of sp³-hybridized carbons (Fsp3) is 0.846. The predicted molar refractivity (Wildman–Crippen MR) is 72.9 cm³/mol. The Kier molecular flexibility index (Phi) is 3.70. The van der Waals surface area contributed by atoms with Crippen molar-refractivity contribution in [2.24, 2.45) is 5.92 Å². The number of rotatable bonds is 3. The van der Waals surface area contributed by atoms with Gasteiger partial charge >= 0.3 is 5.69 Å². The summed E-state index contributed by atoms with van der Waals surface area (Å²) in [5, 5.41) is 6.43. The molecule has 2 heterocycles. The summed E-state index contributed by atoms with van der Waals surface area (Å²) in [6, 6.07) is 0.826. The van der Waals surface area contributed by atoms with E-state index in [0.29, 0.717) is 5.92 Å². The van der Waals surface area contributed by atoms with E-state index >= 15 is 0 Å². The van der Waals surface area contributed by atoms with Crippen molar-refractivity contribution in [3.63, 3.8) is 0 Å². The molecule has 1 aromatic rings. The monoisotopic (exact) mass is 265 g/mol. The highest BCUT2D eigenvalue weighted by Gasteiger charge is 2.29. The lowest BCUT2D eigenvalue weighted by Crippen LogP contribution is -2.43. The summed E-state index contributed by atoms with van der Waals surface area (Å²) in [6.45, 7) is 7.55. The topological polar surface area (TPSA) is 68.0 Å². The van der Waals surface area contributed by atoms with Crippen LogP contribution in [0.4, 0.5) is 0 Å². The minimum atomic E-state index is -0.214. The molecule has 0 spiro atoms. The van der Waals surface area contributed by atoms with Gasteiger partial charge in [-0.3, -0.25) is 14.8 Å². The first kappa shape index (κ1) is 12.9. The zero-order chi connectivity index (χ0) is 13.2. The van der Waals surface area contributed by atoms with E-state index in [4.69, 9.17) is 0 Å². The molecule has 6 nitrogen and oxygen atoms in total. The molecule has 6 heteroatoms. The summed E-state index contributed by atoms with van der Waals surface area (Å²) >= 11 is 0. The third-order valence-corrected chi connectivity index (χ3v) is 4.33. The Morgan fingerprint density at radius 1 is 1.32 bits per heavy atom. The molecule has 0 aromatic carbocycles. The van der Waals surface area contributed by atoms with Crippen LogP contribution in [0.5, 0.6) is 0 Å². The molecule has 1 aliphatic heterocycles. The molecule has 106 valence electrons. The number of H-pyrrole nitrogens is 2. The fourth-order valence-corrected chi connectivity index (χ4v) is 3.17. The first-order valence-corrected chi connectivity index (χ1v) is 7.30. The van der Waals surface area contributed by atoms with Crippen LogP contribution in [-0.4, -0.2) is 57.2 Å². The number of nitrogens with zero attached hydrogens (tertiary/aromatic N) is 3. The smallest absolute Gasteiger partial charge is 0.299 e. The zero-order valence-corrected chi connectivity index (χ0v) is 11.6. The summed E-state index contributed by atoms with van der Waals surface area (Å²) in [5.41, 5.74) is -0.214. The van der Waals surface area contributed by atoms with Gasteiger partial charge in [0, 0.05) is 32.2 Å². The molecule has 19 heavy (non-hydrogen) atoms. The molecular weight excluding hydrogens is 242 g/mol. The maximum absolute atomic E-state index is 11.1. The van der Waals surface area contributed by atoms with Crippen LogP contribution in [0.3, 0.4) is 0 Å². The molecule has 0 bridgehead atoms. The quantitative estimate of drug-likeness (QED) is 0.830. The highest BCUT2D eigenvalue weighted by molar-refractivity contribution is 4.87. The Balaban J connectivity index is 1.59. The fourth-order valence-electron chi connectivity index (χ4n) is 3.17. The highest BCUT2D eigenvalue weighted by atomic mass is 16.1. The van der Waals surface area contributed by atoms with Crippen LogP contribution in [0.1, 0.15) is 32.0 Å². The Hall–Kier alpha value is -1.14. The van der Waals surface area contributed by atoms with Crippen molar-refractivity contribution >= 4 is 0 Å². The molecular formula is C13H23N5O. The van der Waals surface area contributed by atoms with Gasteiger partial charge in [-0.05, 0) is 18.8 Å². The van der Waals surface area contributed by atoms with Gasteiger partial charge in [-0.1, -0.05) is 13.3 Å². The van der Waals surface area contributed by atoms with Crippen molar-refractivity contribution in [1.82, 2.24) is 25.0 Å². The second-order valence-electron chi connectivity index (χ2n) is 6.04. The van der Waals surface area contributed by atoms with E-state index in [-0.39, 0.29) is 5.69 Å². The maximum atomic E-state index is 11.1.